The minimum atomic E-state index is -3.34. The zero-order valence-corrected chi connectivity index (χ0v) is 21.0. The fourth-order valence-corrected chi connectivity index (χ4v) is 5.68. The molecule has 32 heavy (non-hydrogen) atoms. The largest absolute Gasteiger partial charge is 0.493 e. The molecule has 1 aliphatic heterocycles. The van der Waals surface area contributed by atoms with Crippen molar-refractivity contribution in [2.75, 3.05) is 39.0 Å². The van der Waals surface area contributed by atoms with Crippen molar-refractivity contribution in [1.82, 2.24) is 9.80 Å². The average Bonchev–Trinajstić information content (AvgIpc) is 2.70. The second-order valence-corrected chi connectivity index (χ2v) is 12.2. The Kier molecular flexibility index (Phi) is 7.99. The Labute approximate surface area is 196 Å². The van der Waals surface area contributed by atoms with Crippen molar-refractivity contribution in [3.05, 3.63) is 23.2 Å². The summed E-state index contributed by atoms with van der Waals surface area (Å²) in [7, 11) is -3.34. The molecule has 0 atom stereocenters. The smallest absolute Gasteiger partial charge is 0.410 e. The van der Waals surface area contributed by atoms with Gasteiger partial charge in [-0.25, -0.2) is 13.2 Å². The van der Waals surface area contributed by atoms with Crippen molar-refractivity contribution in [2.24, 2.45) is 5.92 Å². The molecule has 2 fully saturated rings. The number of rotatable bonds is 5. The Morgan fingerprint density at radius 1 is 1.09 bits per heavy atom. The summed E-state index contributed by atoms with van der Waals surface area (Å²) in [5, 5.41) is 0.194. The lowest BCUT2D eigenvalue weighted by Crippen LogP contribution is -2.53. The highest BCUT2D eigenvalue weighted by atomic mass is 35.5. The van der Waals surface area contributed by atoms with Crippen molar-refractivity contribution in [3.63, 3.8) is 0 Å². The Morgan fingerprint density at radius 3 is 2.25 bits per heavy atom. The molecular formula is C23H35ClN2O5S. The lowest BCUT2D eigenvalue weighted by molar-refractivity contribution is 0.00653. The average molecular weight is 487 g/mol. The molecule has 1 saturated heterocycles. The maximum Gasteiger partial charge on any atom is 0.410 e. The van der Waals surface area contributed by atoms with E-state index in [0.29, 0.717) is 37.4 Å². The first-order chi connectivity index (χ1) is 14.9. The van der Waals surface area contributed by atoms with E-state index >= 15 is 0 Å². The van der Waals surface area contributed by atoms with Gasteiger partial charge in [0.05, 0.1) is 16.5 Å². The second kappa shape index (κ2) is 10.2. The molecular weight excluding hydrogens is 452 g/mol. The highest BCUT2D eigenvalue weighted by Gasteiger charge is 2.31. The van der Waals surface area contributed by atoms with Crippen molar-refractivity contribution in [2.45, 2.75) is 63.0 Å². The SMILES string of the molecule is CC(C)(C)OC(=O)N1CCN([C@H]2CC[C@H](COc3ccc(S(C)(=O)=O)c(Cl)c3)CC2)CC1. The molecule has 3 rings (SSSR count). The number of nitrogens with zero attached hydrogens (tertiary/aromatic N) is 2. The molecule has 0 aromatic heterocycles. The zero-order valence-electron chi connectivity index (χ0n) is 19.5. The van der Waals surface area contributed by atoms with E-state index in [0.717, 1.165) is 45.0 Å². The molecule has 0 spiro atoms. The highest BCUT2D eigenvalue weighted by molar-refractivity contribution is 7.90. The molecule has 0 unspecified atom stereocenters. The molecule has 0 radical (unpaired) electrons. The number of halogens is 1. The minimum Gasteiger partial charge on any atom is -0.493 e. The quantitative estimate of drug-likeness (QED) is 0.619. The molecule has 180 valence electrons. The summed E-state index contributed by atoms with van der Waals surface area (Å²) in [6, 6.07) is 5.29. The third-order valence-electron chi connectivity index (χ3n) is 6.09. The van der Waals surface area contributed by atoms with Crippen LogP contribution in [0.4, 0.5) is 4.79 Å². The predicted molar refractivity (Wildman–Crippen MR) is 125 cm³/mol. The second-order valence-electron chi connectivity index (χ2n) is 9.85. The summed E-state index contributed by atoms with van der Waals surface area (Å²) in [5.41, 5.74) is -0.463. The Bertz CT molecular complexity index is 899. The van der Waals surface area contributed by atoms with Gasteiger partial charge in [0.25, 0.3) is 0 Å². The number of amides is 1. The van der Waals surface area contributed by atoms with E-state index in [4.69, 9.17) is 21.1 Å². The standard InChI is InChI=1S/C23H35ClN2O5S/c1-23(2,3)31-22(27)26-13-11-25(12-14-26)18-7-5-17(6-8-18)16-30-19-9-10-21(20(24)15-19)32(4,28)29/h9-10,15,17-18H,5-8,11-14,16H2,1-4H3/t17-,18-. The summed E-state index contributed by atoms with van der Waals surface area (Å²) in [6.07, 6.45) is 5.34. The first kappa shape index (κ1) is 25.1. The first-order valence-corrected chi connectivity index (χ1v) is 13.5. The van der Waals surface area contributed by atoms with E-state index in [1.807, 2.05) is 20.8 Å². The molecule has 0 N–H and O–H groups in total. The highest BCUT2D eigenvalue weighted by Crippen LogP contribution is 2.31. The van der Waals surface area contributed by atoms with Crippen LogP contribution in [0.5, 0.6) is 5.75 Å². The summed E-state index contributed by atoms with van der Waals surface area (Å²) in [5.74, 6) is 1.07. The van der Waals surface area contributed by atoms with Gasteiger partial charge in [-0.15, -0.1) is 0 Å². The third kappa shape index (κ3) is 6.99. The fourth-order valence-electron chi connectivity index (χ4n) is 4.36. The first-order valence-electron chi connectivity index (χ1n) is 11.3. The van der Waals surface area contributed by atoms with Crippen LogP contribution in [0, 0.1) is 5.92 Å². The van der Waals surface area contributed by atoms with Crippen LogP contribution in [0.1, 0.15) is 46.5 Å². The number of ether oxygens (including phenoxy) is 2. The van der Waals surface area contributed by atoms with Crippen LogP contribution in [0.2, 0.25) is 5.02 Å². The van der Waals surface area contributed by atoms with Crippen molar-refractivity contribution in [3.8, 4) is 5.75 Å². The van der Waals surface area contributed by atoms with Gasteiger partial charge in [-0.3, -0.25) is 4.90 Å². The maximum atomic E-state index is 12.3. The van der Waals surface area contributed by atoms with E-state index < -0.39 is 15.4 Å². The molecule has 1 aliphatic carbocycles. The summed E-state index contributed by atoms with van der Waals surface area (Å²) in [4.78, 5) is 16.7. The van der Waals surface area contributed by atoms with Crippen LogP contribution >= 0.6 is 11.6 Å². The number of hydrogen-bond donors (Lipinski definition) is 0. The number of sulfone groups is 1. The molecule has 7 nitrogen and oxygen atoms in total. The Balaban J connectivity index is 1.40. The topological polar surface area (TPSA) is 76.2 Å². The Morgan fingerprint density at radius 2 is 1.72 bits per heavy atom. The van der Waals surface area contributed by atoms with Crippen molar-refractivity contribution in [1.29, 1.82) is 0 Å². The maximum absolute atomic E-state index is 12.3. The van der Waals surface area contributed by atoms with Crippen LogP contribution in [0.15, 0.2) is 23.1 Å². The molecule has 1 heterocycles. The fraction of sp³-hybridized carbons (Fsp3) is 0.696. The molecule has 1 saturated carbocycles. The number of piperazine rings is 1. The van der Waals surface area contributed by atoms with E-state index in [1.54, 1.807) is 17.0 Å². The van der Waals surface area contributed by atoms with E-state index in [2.05, 4.69) is 4.90 Å². The number of carbonyl (C=O) groups excluding carboxylic acids is 1. The van der Waals surface area contributed by atoms with Gasteiger partial charge in [-0.1, -0.05) is 11.6 Å². The van der Waals surface area contributed by atoms with Gasteiger partial charge in [0.1, 0.15) is 11.4 Å². The lowest BCUT2D eigenvalue weighted by Gasteiger charge is -2.42. The van der Waals surface area contributed by atoms with Gasteiger partial charge in [0, 0.05) is 44.5 Å². The summed E-state index contributed by atoms with van der Waals surface area (Å²) < 4.78 is 34.8. The van der Waals surface area contributed by atoms with E-state index in [-0.39, 0.29) is 16.0 Å². The minimum absolute atomic E-state index is 0.124. The van der Waals surface area contributed by atoms with Gasteiger partial charge < -0.3 is 14.4 Å². The van der Waals surface area contributed by atoms with Gasteiger partial charge in [0.2, 0.25) is 0 Å². The van der Waals surface area contributed by atoms with Gasteiger partial charge in [-0.2, -0.15) is 0 Å². The van der Waals surface area contributed by atoms with Crippen LogP contribution < -0.4 is 4.74 Å². The molecule has 1 amide bonds. The van der Waals surface area contributed by atoms with Crippen LogP contribution in [-0.4, -0.2) is 75.0 Å². The van der Waals surface area contributed by atoms with Crippen LogP contribution in [-0.2, 0) is 14.6 Å². The normalized spacial score (nSPS) is 23.1. The number of carbonyl (C=O) groups is 1. The van der Waals surface area contributed by atoms with E-state index in [9.17, 15) is 13.2 Å². The molecule has 1 aromatic carbocycles. The van der Waals surface area contributed by atoms with Crippen molar-refractivity contribution >= 4 is 27.5 Å². The lowest BCUT2D eigenvalue weighted by atomic mass is 9.85. The summed E-state index contributed by atoms with van der Waals surface area (Å²) >= 11 is 6.10. The molecule has 2 aliphatic rings. The molecule has 0 bridgehead atoms. The monoisotopic (exact) mass is 486 g/mol. The van der Waals surface area contributed by atoms with Crippen LogP contribution in [0.25, 0.3) is 0 Å². The van der Waals surface area contributed by atoms with E-state index in [1.165, 1.54) is 6.07 Å². The number of hydrogen-bond acceptors (Lipinski definition) is 6. The van der Waals surface area contributed by atoms with Gasteiger partial charge in [0.15, 0.2) is 9.84 Å². The predicted octanol–water partition coefficient (Wildman–Crippen LogP) is 4.23. The Hall–Kier alpha value is -1.51. The molecule has 9 heteroatoms. The van der Waals surface area contributed by atoms with Crippen molar-refractivity contribution < 1.29 is 22.7 Å². The van der Waals surface area contributed by atoms with Gasteiger partial charge in [-0.05, 0) is 64.5 Å². The third-order valence-corrected chi connectivity index (χ3v) is 7.67. The zero-order chi connectivity index (χ0) is 23.5. The number of benzene rings is 1. The summed E-state index contributed by atoms with van der Waals surface area (Å²) in [6.45, 7) is 9.47. The van der Waals surface area contributed by atoms with Gasteiger partial charge >= 0.3 is 6.09 Å². The molecule has 1 aromatic rings. The van der Waals surface area contributed by atoms with Crippen LogP contribution in [0.3, 0.4) is 0 Å².